The maximum absolute atomic E-state index is 15.1. The third-order valence-electron chi connectivity index (χ3n) is 9.35. The second-order valence-corrected chi connectivity index (χ2v) is 12.8. The molecule has 1 unspecified atom stereocenters. The van der Waals surface area contributed by atoms with Crippen LogP contribution in [0.15, 0.2) is 76.3 Å². The first-order chi connectivity index (χ1) is 25.2. The minimum absolute atomic E-state index is 0.0342. The molecule has 3 aromatic carbocycles. The summed E-state index contributed by atoms with van der Waals surface area (Å²) in [6, 6.07) is 14.9. The fourth-order valence-corrected chi connectivity index (χ4v) is 6.58. The van der Waals surface area contributed by atoms with E-state index in [0.29, 0.717) is 18.7 Å². The Morgan fingerprint density at radius 1 is 0.906 bits per heavy atom. The number of rotatable bonds is 14. The first-order valence-corrected chi connectivity index (χ1v) is 16.9. The zero-order valence-corrected chi connectivity index (χ0v) is 28.8. The Morgan fingerprint density at radius 2 is 1.58 bits per heavy atom. The monoisotopic (exact) mass is 742 g/mol. The number of nitrogens with one attached hydrogen (secondary N) is 1. The molecule has 0 radical (unpaired) electrons. The molecule has 1 saturated heterocycles. The molecule has 53 heavy (non-hydrogen) atoms. The van der Waals surface area contributed by atoms with E-state index in [-0.39, 0.29) is 68.1 Å². The predicted molar refractivity (Wildman–Crippen MR) is 187 cm³/mol. The Hall–Kier alpha value is -5.35. The Labute approximate surface area is 301 Å². The second-order valence-electron chi connectivity index (χ2n) is 12.8. The summed E-state index contributed by atoms with van der Waals surface area (Å²) in [5.74, 6) is -3.81. The number of primary amides is 1. The van der Waals surface area contributed by atoms with Crippen molar-refractivity contribution >= 4 is 17.6 Å². The van der Waals surface area contributed by atoms with Crippen LogP contribution < -0.4 is 27.2 Å². The Balaban J connectivity index is 1.54. The summed E-state index contributed by atoms with van der Waals surface area (Å²) < 4.78 is 74.2. The molecule has 1 fully saturated rings. The molecule has 4 aromatic rings. The highest BCUT2D eigenvalue weighted by molar-refractivity contribution is 5.93. The molecule has 5 rings (SSSR count). The van der Waals surface area contributed by atoms with Gasteiger partial charge >= 0.3 is 17.8 Å². The zero-order valence-electron chi connectivity index (χ0n) is 28.8. The maximum Gasteiger partial charge on any atom is 0.416 e. The third kappa shape index (κ3) is 9.00. The van der Waals surface area contributed by atoms with Crippen LogP contribution in [0.1, 0.15) is 57.2 Å². The van der Waals surface area contributed by atoms with Gasteiger partial charge in [0.15, 0.2) is 0 Å². The highest BCUT2D eigenvalue weighted by Crippen LogP contribution is 2.34. The number of hydrogen-bond acceptors (Lipinski definition) is 7. The van der Waals surface area contributed by atoms with Gasteiger partial charge < -0.3 is 21.1 Å². The lowest BCUT2D eigenvalue weighted by atomic mass is 10.1. The van der Waals surface area contributed by atoms with Gasteiger partial charge in [-0.15, -0.1) is 0 Å². The van der Waals surface area contributed by atoms with E-state index in [4.69, 9.17) is 10.8 Å². The number of amides is 1. The number of carbonyl (C=O) groups excluding carboxylic acids is 1. The number of carboxylic acids is 1. The minimum Gasteiger partial charge on any atom is -0.481 e. The van der Waals surface area contributed by atoms with Gasteiger partial charge in [0.05, 0.1) is 30.3 Å². The lowest BCUT2D eigenvalue weighted by Gasteiger charge is -2.37. The van der Waals surface area contributed by atoms with Crippen LogP contribution in [0.4, 0.5) is 27.6 Å². The number of aromatic nitrogens is 2. The van der Waals surface area contributed by atoms with Crippen molar-refractivity contribution in [1.29, 1.82) is 0 Å². The van der Waals surface area contributed by atoms with E-state index in [1.54, 1.807) is 35.2 Å². The van der Waals surface area contributed by atoms with Crippen LogP contribution >= 0.6 is 0 Å². The standard InChI is InChI=1S/C37H39F5N6O5/c1-23-33(46-18-16-45(17-19-46)20-25-10-5-11-26(32(25)39)34(43)51)35(52)48(22-30(24-8-3-2-4-9-24)44-15-7-14-31(49)50)36(53)47(23)21-27-28(37(40,41)42)12-6-13-29(27)38/h2-6,8-13,30,44H,7,14-22H2,1H3,(H2,43,51)(H,49,50). The van der Waals surface area contributed by atoms with Crippen LogP contribution in [0, 0.1) is 18.6 Å². The van der Waals surface area contributed by atoms with Crippen LogP contribution in [0.2, 0.25) is 0 Å². The van der Waals surface area contributed by atoms with Gasteiger partial charge in [-0.2, -0.15) is 13.2 Å². The minimum atomic E-state index is -4.93. The van der Waals surface area contributed by atoms with Crippen LogP contribution in [0.25, 0.3) is 0 Å². The molecule has 0 saturated carbocycles. The number of alkyl halides is 3. The van der Waals surface area contributed by atoms with Gasteiger partial charge in [0, 0.05) is 56.0 Å². The fourth-order valence-electron chi connectivity index (χ4n) is 6.58. The number of halogens is 5. The first kappa shape index (κ1) is 38.9. The maximum atomic E-state index is 15.1. The highest BCUT2D eigenvalue weighted by atomic mass is 19.4. The second kappa shape index (κ2) is 16.5. The lowest BCUT2D eigenvalue weighted by Crippen LogP contribution is -2.51. The number of hydrogen-bond donors (Lipinski definition) is 3. The topological polar surface area (TPSA) is 143 Å². The molecule has 4 N–H and O–H groups in total. The summed E-state index contributed by atoms with van der Waals surface area (Å²) in [4.78, 5) is 54.9. The van der Waals surface area contributed by atoms with E-state index in [1.807, 2.05) is 4.90 Å². The molecule has 1 aliphatic rings. The molecule has 1 amide bonds. The van der Waals surface area contributed by atoms with Gasteiger partial charge in [-0.05, 0) is 43.7 Å². The van der Waals surface area contributed by atoms with Crippen LogP contribution in [-0.2, 0) is 30.6 Å². The van der Waals surface area contributed by atoms with E-state index in [1.165, 1.54) is 25.1 Å². The summed E-state index contributed by atoms with van der Waals surface area (Å²) in [6.07, 6.45) is -4.82. The average molecular weight is 743 g/mol. The van der Waals surface area contributed by atoms with Gasteiger partial charge in [-0.3, -0.25) is 28.4 Å². The van der Waals surface area contributed by atoms with E-state index in [9.17, 15) is 36.7 Å². The molecule has 0 bridgehead atoms. The Bertz CT molecular complexity index is 2080. The molecule has 1 atom stereocenters. The van der Waals surface area contributed by atoms with Crippen molar-refractivity contribution in [3.63, 3.8) is 0 Å². The van der Waals surface area contributed by atoms with E-state index in [0.717, 1.165) is 27.3 Å². The van der Waals surface area contributed by atoms with Crippen molar-refractivity contribution in [3.05, 3.63) is 133 Å². The molecule has 11 nitrogen and oxygen atoms in total. The van der Waals surface area contributed by atoms with Crippen molar-refractivity contribution in [2.45, 2.75) is 51.6 Å². The van der Waals surface area contributed by atoms with Crippen LogP contribution in [0.3, 0.4) is 0 Å². The molecule has 0 spiro atoms. The number of carboxylic acid groups (broad SMARTS) is 1. The van der Waals surface area contributed by atoms with Crippen LogP contribution in [-0.4, -0.2) is 63.7 Å². The SMILES string of the molecule is Cc1c(N2CCN(Cc3cccc(C(N)=O)c3F)CC2)c(=O)n(CC(NCCCC(=O)O)c2ccccc2)c(=O)n1Cc1c(F)cccc1C(F)(F)F. The third-order valence-corrected chi connectivity index (χ3v) is 9.35. The van der Waals surface area contributed by atoms with E-state index >= 15 is 4.39 Å². The van der Waals surface area contributed by atoms with Gasteiger partial charge in [0.2, 0.25) is 0 Å². The largest absolute Gasteiger partial charge is 0.481 e. The molecular formula is C37H39F5N6O5. The van der Waals surface area contributed by atoms with Gasteiger partial charge in [0.1, 0.15) is 17.3 Å². The Kier molecular flexibility index (Phi) is 12.1. The lowest BCUT2D eigenvalue weighted by molar-refractivity contribution is -0.138. The smallest absolute Gasteiger partial charge is 0.416 e. The predicted octanol–water partition coefficient (Wildman–Crippen LogP) is 4.28. The summed E-state index contributed by atoms with van der Waals surface area (Å²) in [7, 11) is 0. The summed E-state index contributed by atoms with van der Waals surface area (Å²) in [5, 5.41) is 12.3. The van der Waals surface area contributed by atoms with Gasteiger partial charge in [-0.1, -0.05) is 48.5 Å². The fraction of sp³-hybridized carbons (Fsp3) is 0.351. The molecule has 0 aliphatic carbocycles. The number of anilines is 1. The van der Waals surface area contributed by atoms with Crippen molar-refractivity contribution in [2.24, 2.45) is 5.73 Å². The Morgan fingerprint density at radius 3 is 2.23 bits per heavy atom. The molecule has 2 heterocycles. The summed E-state index contributed by atoms with van der Waals surface area (Å²) in [5.41, 5.74) is 2.34. The van der Waals surface area contributed by atoms with Crippen LogP contribution in [0.5, 0.6) is 0 Å². The summed E-state index contributed by atoms with van der Waals surface area (Å²) in [6.45, 7) is 1.68. The molecule has 1 aromatic heterocycles. The van der Waals surface area contributed by atoms with E-state index in [2.05, 4.69) is 5.32 Å². The highest BCUT2D eigenvalue weighted by Gasteiger charge is 2.35. The number of aliphatic carboxylic acids is 1. The molecule has 16 heteroatoms. The molecular weight excluding hydrogens is 703 g/mol. The van der Waals surface area contributed by atoms with Crippen molar-refractivity contribution in [1.82, 2.24) is 19.4 Å². The average Bonchev–Trinajstić information content (AvgIpc) is 3.11. The van der Waals surface area contributed by atoms with Gasteiger partial charge in [0.25, 0.3) is 11.5 Å². The zero-order chi connectivity index (χ0) is 38.4. The van der Waals surface area contributed by atoms with Crippen molar-refractivity contribution in [3.8, 4) is 0 Å². The first-order valence-electron chi connectivity index (χ1n) is 16.9. The number of nitrogens with zero attached hydrogens (tertiary/aromatic N) is 4. The van der Waals surface area contributed by atoms with Gasteiger partial charge in [-0.25, -0.2) is 13.6 Å². The van der Waals surface area contributed by atoms with E-state index < -0.39 is 64.6 Å². The van der Waals surface area contributed by atoms with Crippen molar-refractivity contribution in [2.75, 3.05) is 37.6 Å². The normalized spacial score (nSPS) is 14.3. The number of carbonyl (C=O) groups is 2. The number of benzene rings is 3. The number of piperazine rings is 1. The molecule has 282 valence electrons. The quantitative estimate of drug-likeness (QED) is 0.129. The summed E-state index contributed by atoms with van der Waals surface area (Å²) >= 11 is 0. The van der Waals surface area contributed by atoms with Crippen molar-refractivity contribution < 1.29 is 36.6 Å². The number of nitrogens with two attached hydrogens (primary N) is 1. The molecule has 1 aliphatic heterocycles.